The molecule has 0 fully saturated rings. The molecule has 4 nitrogen and oxygen atoms in total. The van der Waals surface area contributed by atoms with Gasteiger partial charge in [0.2, 0.25) is 0 Å². The van der Waals surface area contributed by atoms with Gasteiger partial charge in [0.25, 0.3) is 0 Å². The molecule has 0 aliphatic carbocycles. The molecule has 0 saturated carbocycles. The number of para-hydroxylation sites is 1. The summed E-state index contributed by atoms with van der Waals surface area (Å²) in [6.07, 6.45) is 0.733. The van der Waals surface area contributed by atoms with Crippen molar-refractivity contribution in [3.05, 3.63) is 59.2 Å². The van der Waals surface area contributed by atoms with Gasteiger partial charge in [0.1, 0.15) is 5.75 Å². The summed E-state index contributed by atoms with van der Waals surface area (Å²) in [7, 11) is 0. The fourth-order valence-corrected chi connectivity index (χ4v) is 2.44. The Labute approximate surface area is 137 Å². The van der Waals surface area contributed by atoms with Crippen molar-refractivity contribution in [2.75, 3.05) is 18.5 Å². The maximum Gasteiger partial charge on any atom is 0.319 e. The van der Waals surface area contributed by atoms with Crippen LogP contribution in [0.3, 0.4) is 0 Å². The van der Waals surface area contributed by atoms with E-state index in [1.165, 1.54) is 5.56 Å². The van der Waals surface area contributed by atoms with Crippen LogP contribution in [0.15, 0.2) is 42.5 Å². The molecule has 23 heavy (non-hydrogen) atoms. The topological polar surface area (TPSA) is 50.4 Å². The highest BCUT2D eigenvalue weighted by atomic mass is 16.5. The van der Waals surface area contributed by atoms with Crippen LogP contribution in [0.2, 0.25) is 0 Å². The molecule has 0 aromatic heterocycles. The summed E-state index contributed by atoms with van der Waals surface area (Å²) in [5, 5.41) is 5.77. The monoisotopic (exact) mass is 312 g/mol. The lowest BCUT2D eigenvalue weighted by atomic mass is 10.1. The second-order valence-electron chi connectivity index (χ2n) is 5.49. The third-order valence-corrected chi connectivity index (χ3v) is 3.58. The molecule has 0 radical (unpaired) electrons. The molecule has 0 unspecified atom stereocenters. The number of hydrogen-bond acceptors (Lipinski definition) is 2. The predicted molar refractivity (Wildman–Crippen MR) is 94.3 cm³/mol. The van der Waals surface area contributed by atoms with Crippen molar-refractivity contribution in [1.82, 2.24) is 5.32 Å². The largest absolute Gasteiger partial charge is 0.494 e. The molecule has 0 heterocycles. The van der Waals surface area contributed by atoms with Crippen LogP contribution in [0.1, 0.15) is 23.6 Å². The number of amides is 2. The third-order valence-electron chi connectivity index (χ3n) is 3.58. The first-order valence-electron chi connectivity index (χ1n) is 7.93. The lowest BCUT2D eigenvalue weighted by molar-refractivity contribution is 0.252. The van der Waals surface area contributed by atoms with E-state index in [1.54, 1.807) is 0 Å². The fourth-order valence-electron chi connectivity index (χ4n) is 2.44. The van der Waals surface area contributed by atoms with Crippen LogP contribution in [0.25, 0.3) is 0 Å². The minimum atomic E-state index is -0.189. The minimum Gasteiger partial charge on any atom is -0.494 e. The van der Waals surface area contributed by atoms with Gasteiger partial charge in [-0.3, -0.25) is 0 Å². The first kappa shape index (κ1) is 16.9. The Morgan fingerprint density at radius 3 is 2.65 bits per heavy atom. The van der Waals surface area contributed by atoms with Crippen LogP contribution < -0.4 is 15.4 Å². The third kappa shape index (κ3) is 5.02. The molecular weight excluding hydrogens is 288 g/mol. The van der Waals surface area contributed by atoms with Gasteiger partial charge >= 0.3 is 6.03 Å². The summed E-state index contributed by atoms with van der Waals surface area (Å²) in [5.74, 6) is 0.881. The number of aryl methyl sites for hydroxylation is 2. The van der Waals surface area contributed by atoms with E-state index in [0.29, 0.717) is 13.2 Å². The highest BCUT2D eigenvalue weighted by Gasteiger charge is 2.06. The molecule has 2 aromatic carbocycles. The molecule has 0 aliphatic heterocycles. The van der Waals surface area contributed by atoms with Crippen LogP contribution in [-0.4, -0.2) is 19.2 Å². The summed E-state index contributed by atoms with van der Waals surface area (Å²) in [4.78, 5) is 12.0. The average Bonchev–Trinajstić information content (AvgIpc) is 2.52. The average molecular weight is 312 g/mol. The first-order valence-corrected chi connectivity index (χ1v) is 7.93. The lowest BCUT2D eigenvalue weighted by Crippen LogP contribution is -2.30. The van der Waals surface area contributed by atoms with Crippen LogP contribution in [-0.2, 0) is 6.42 Å². The lowest BCUT2D eigenvalue weighted by Gasteiger charge is -2.12. The number of anilines is 1. The number of hydrogen-bond donors (Lipinski definition) is 2. The van der Waals surface area contributed by atoms with Gasteiger partial charge in [0, 0.05) is 12.2 Å². The van der Waals surface area contributed by atoms with E-state index < -0.39 is 0 Å². The summed E-state index contributed by atoms with van der Waals surface area (Å²) >= 11 is 0. The first-order chi connectivity index (χ1) is 11.1. The zero-order chi connectivity index (χ0) is 16.7. The van der Waals surface area contributed by atoms with Crippen LogP contribution in [0.5, 0.6) is 5.75 Å². The summed E-state index contributed by atoms with van der Waals surface area (Å²) in [6, 6.07) is 13.7. The zero-order valence-electron chi connectivity index (χ0n) is 14.0. The van der Waals surface area contributed by atoms with Crippen LogP contribution in [0.4, 0.5) is 10.5 Å². The van der Waals surface area contributed by atoms with Crippen LogP contribution in [0, 0.1) is 13.8 Å². The quantitative estimate of drug-likeness (QED) is 0.845. The molecule has 0 aliphatic rings. The Hall–Kier alpha value is -2.49. The maximum absolute atomic E-state index is 12.0. The maximum atomic E-state index is 12.0. The van der Waals surface area contributed by atoms with Gasteiger partial charge in [-0.15, -0.1) is 0 Å². The van der Waals surface area contributed by atoms with Gasteiger partial charge < -0.3 is 15.4 Å². The number of carbonyl (C=O) groups is 1. The molecule has 0 atom stereocenters. The second kappa shape index (κ2) is 8.22. The van der Waals surface area contributed by atoms with Gasteiger partial charge in [0.05, 0.1) is 6.61 Å². The van der Waals surface area contributed by atoms with E-state index in [-0.39, 0.29) is 6.03 Å². The molecule has 0 saturated heterocycles. The number of benzene rings is 2. The van der Waals surface area contributed by atoms with Gasteiger partial charge in [-0.25, -0.2) is 4.79 Å². The highest BCUT2D eigenvalue weighted by molar-refractivity contribution is 5.90. The number of rotatable bonds is 6. The number of ether oxygens (including phenoxy) is 1. The Morgan fingerprint density at radius 1 is 1.13 bits per heavy atom. The molecule has 122 valence electrons. The van der Waals surface area contributed by atoms with E-state index in [4.69, 9.17) is 4.74 Å². The normalized spacial score (nSPS) is 10.2. The summed E-state index contributed by atoms with van der Waals surface area (Å²) < 4.78 is 5.59. The SMILES string of the molecule is CCOc1ccccc1CCNC(=O)Nc1ccc(C)cc1C. The van der Waals surface area contributed by atoms with Crippen molar-refractivity contribution in [3.63, 3.8) is 0 Å². The standard InChI is InChI=1S/C19H24N2O2/c1-4-23-18-8-6-5-7-16(18)11-12-20-19(22)21-17-10-9-14(2)13-15(17)3/h5-10,13H,4,11-12H2,1-3H3,(H2,20,21,22). The Bertz CT molecular complexity index is 668. The van der Waals surface area contributed by atoms with E-state index in [9.17, 15) is 4.79 Å². The predicted octanol–water partition coefficient (Wildman–Crippen LogP) is 4.07. The summed E-state index contributed by atoms with van der Waals surface area (Å²) in [6.45, 7) is 7.18. The van der Waals surface area contributed by atoms with E-state index in [2.05, 4.69) is 10.6 Å². The van der Waals surface area contributed by atoms with E-state index >= 15 is 0 Å². The zero-order valence-corrected chi connectivity index (χ0v) is 14.0. The van der Waals surface area contributed by atoms with Crippen molar-refractivity contribution in [1.29, 1.82) is 0 Å². The molecule has 2 N–H and O–H groups in total. The highest BCUT2D eigenvalue weighted by Crippen LogP contribution is 2.18. The number of nitrogens with one attached hydrogen (secondary N) is 2. The smallest absolute Gasteiger partial charge is 0.319 e. The molecule has 0 spiro atoms. The van der Waals surface area contributed by atoms with Crippen molar-refractivity contribution < 1.29 is 9.53 Å². The van der Waals surface area contributed by atoms with Crippen molar-refractivity contribution in [3.8, 4) is 5.75 Å². The molecule has 2 amide bonds. The van der Waals surface area contributed by atoms with Crippen LogP contribution >= 0.6 is 0 Å². The minimum absolute atomic E-state index is 0.189. The fraction of sp³-hybridized carbons (Fsp3) is 0.316. The van der Waals surface area contributed by atoms with E-state index in [0.717, 1.165) is 29.0 Å². The van der Waals surface area contributed by atoms with Gasteiger partial charge in [-0.1, -0.05) is 35.9 Å². The van der Waals surface area contributed by atoms with Gasteiger partial charge in [-0.05, 0) is 50.5 Å². The van der Waals surface area contributed by atoms with Gasteiger partial charge in [-0.2, -0.15) is 0 Å². The molecule has 0 bridgehead atoms. The van der Waals surface area contributed by atoms with Gasteiger partial charge in [0.15, 0.2) is 0 Å². The van der Waals surface area contributed by atoms with Crippen molar-refractivity contribution >= 4 is 11.7 Å². The Kier molecular flexibility index (Phi) is 6.03. The molecular formula is C19H24N2O2. The molecule has 2 rings (SSSR count). The second-order valence-corrected chi connectivity index (χ2v) is 5.49. The van der Waals surface area contributed by atoms with E-state index in [1.807, 2.05) is 63.2 Å². The Morgan fingerprint density at radius 2 is 1.91 bits per heavy atom. The number of urea groups is 1. The Balaban J connectivity index is 1.85. The van der Waals surface area contributed by atoms with Crippen molar-refractivity contribution in [2.24, 2.45) is 0 Å². The number of carbonyl (C=O) groups excluding carboxylic acids is 1. The molecule has 2 aromatic rings. The summed E-state index contributed by atoms with van der Waals surface area (Å²) in [5.41, 5.74) is 4.17. The van der Waals surface area contributed by atoms with Crippen molar-refractivity contribution in [2.45, 2.75) is 27.2 Å². The molecule has 4 heteroatoms.